The number of nitrogens with zero attached hydrogens (tertiary/aromatic N) is 1. The lowest BCUT2D eigenvalue weighted by molar-refractivity contribution is 0.414. The average Bonchev–Trinajstić information content (AvgIpc) is 2.48. The summed E-state index contributed by atoms with van der Waals surface area (Å²) < 4.78 is 5.12. The second kappa shape index (κ2) is 6.58. The molecule has 3 heteroatoms. The van der Waals surface area contributed by atoms with E-state index in [-0.39, 0.29) is 0 Å². The Bertz CT molecular complexity index is 570. The monoisotopic (exact) mass is 252 g/mol. The van der Waals surface area contributed by atoms with Gasteiger partial charge in [-0.15, -0.1) is 0 Å². The minimum absolute atomic E-state index is 0.698. The second-order valence-corrected chi connectivity index (χ2v) is 4.26. The lowest BCUT2D eigenvalue weighted by Gasteiger charge is -2.06. The molecule has 96 valence electrons. The lowest BCUT2D eigenvalue weighted by Crippen LogP contribution is -2.12. The van der Waals surface area contributed by atoms with Crippen molar-refractivity contribution in [3.63, 3.8) is 0 Å². The number of nitrogens with one attached hydrogen (secondary N) is 1. The molecule has 19 heavy (non-hydrogen) atoms. The van der Waals surface area contributed by atoms with Crippen LogP contribution in [0.2, 0.25) is 0 Å². The molecule has 0 unspecified atom stereocenters. The molecular formula is C16H16N2O. The number of ether oxygens (including phenoxy) is 1. The summed E-state index contributed by atoms with van der Waals surface area (Å²) in [6.45, 7) is 1.54. The first-order valence-corrected chi connectivity index (χ1v) is 6.14. The molecule has 0 amide bonds. The molecular weight excluding hydrogens is 236 g/mol. The van der Waals surface area contributed by atoms with Crippen molar-refractivity contribution in [2.45, 2.75) is 13.1 Å². The normalized spacial score (nSPS) is 9.89. The number of hydrogen-bond acceptors (Lipinski definition) is 3. The molecule has 0 saturated heterocycles. The molecule has 0 fully saturated rings. The Balaban J connectivity index is 1.87. The fourth-order valence-electron chi connectivity index (χ4n) is 1.85. The largest absolute Gasteiger partial charge is 0.497 e. The van der Waals surface area contributed by atoms with Crippen molar-refractivity contribution >= 4 is 0 Å². The number of benzene rings is 2. The highest BCUT2D eigenvalue weighted by atomic mass is 16.5. The summed E-state index contributed by atoms with van der Waals surface area (Å²) in [5, 5.41) is 12.2. The molecule has 0 saturated carbocycles. The fourth-order valence-corrected chi connectivity index (χ4v) is 1.85. The molecule has 0 spiro atoms. The van der Waals surface area contributed by atoms with Crippen LogP contribution in [0.15, 0.2) is 48.5 Å². The van der Waals surface area contributed by atoms with E-state index in [4.69, 9.17) is 10.00 Å². The number of methoxy groups -OCH3 is 1. The topological polar surface area (TPSA) is 45.0 Å². The van der Waals surface area contributed by atoms with Gasteiger partial charge in [0.05, 0.1) is 18.7 Å². The van der Waals surface area contributed by atoms with Gasteiger partial charge in [-0.1, -0.05) is 24.3 Å². The molecule has 0 radical (unpaired) electrons. The van der Waals surface area contributed by atoms with E-state index in [1.807, 2.05) is 48.5 Å². The van der Waals surface area contributed by atoms with E-state index >= 15 is 0 Å². The Labute approximate surface area is 113 Å². The van der Waals surface area contributed by atoms with Gasteiger partial charge in [-0.05, 0) is 35.4 Å². The van der Waals surface area contributed by atoms with Crippen LogP contribution in [0.25, 0.3) is 0 Å². The Hall–Kier alpha value is -2.31. The van der Waals surface area contributed by atoms with Gasteiger partial charge < -0.3 is 10.1 Å². The third kappa shape index (κ3) is 3.84. The zero-order chi connectivity index (χ0) is 13.5. The van der Waals surface area contributed by atoms with Crippen LogP contribution in [-0.2, 0) is 13.1 Å². The molecule has 1 N–H and O–H groups in total. The summed E-state index contributed by atoms with van der Waals surface area (Å²) in [5.74, 6) is 0.866. The van der Waals surface area contributed by atoms with Crippen molar-refractivity contribution in [3.8, 4) is 11.8 Å². The Kier molecular flexibility index (Phi) is 4.54. The second-order valence-electron chi connectivity index (χ2n) is 4.26. The van der Waals surface area contributed by atoms with Crippen molar-refractivity contribution in [2.75, 3.05) is 7.11 Å². The maximum absolute atomic E-state index is 8.83. The standard InChI is InChI=1S/C16H16N2O/c1-19-16-7-5-13(6-8-16)11-18-12-15-4-2-3-14(9-15)10-17/h2-9,18H,11-12H2,1H3. The van der Waals surface area contributed by atoms with E-state index in [0.717, 1.165) is 24.4 Å². The van der Waals surface area contributed by atoms with Gasteiger partial charge in [-0.25, -0.2) is 0 Å². The molecule has 0 aliphatic carbocycles. The summed E-state index contributed by atoms with van der Waals surface area (Å²) in [7, 11) is 1.66. The highest BCUT2D eigenvalue weighted by Gasteiger charge is 1.97. The van der Waals surface area contributed by atoms with E-state index in [1.165, 1.54) is 5.56 Å². The van der Waals surface area contributed by atoms with Crippen LogP contribution in [0, 0.1) is 11.3 Å². The SMILES string of the molecule is COc1ccc(CNCc2cccc(C#N)c2)cc1. The van der Waals surface area contributed by atoms with E-state index in [0.29, 0.717) is 5.56 Å². The third-order valence-corrected chi connectivity index (χ3v) is 2.87. The van der Waals surface area contributed by atoms with Crippen LogP contribution in [0.3, 0.4) is 0 Å². The molecule has 0 atom stereocenters. The van der Waals surface area contributed by atoms with Gasteiger partial charge in [0.1, 0.15) is 5.75 Å². The summed E-state index contributed by atoms with van der Waals surface area (Å²) in [6, 6.07) is 17.8. The maximum Gasteiger partial charge on any atom is 0.118 e. The van der Waals surface area contributed by atoms with Crippen molar-refractivity contribution in [3.05, 3.63) is 65.2 Å². The quantitative estimate of drug-likeness (QED) is 0.890. The smallest absolute Gasteiger partial charge is 0.118 e. The van der Waals surface area contributed by atoms with Gasteiger partial charge in [0, 0.05) is 13.1 Å². The van der Waals surface area contributed by atoms with E-state index in [1.54, 1.807) is 7.11 Å². The number of nitriles is 1. The molecule has 3 nitrogen and oxygen atoms in total. The van der Waals surface area contributed by atoms with Crippen LogP contribution in [0.5, 0.6) is 5.75 Å². The molecule has 0 bridgehead atoms. The first-order valence-electron chi connectivity index (χ1n) is 6.14. The first kappa shape index (κ1) is 13.1. The fraction of sp³-hybridized carbons (Fsp3) is 0.188. The number of hydrogen-bond donors (Lipinski definition) is 1. The Morgan fingerprint density at radius 2 is 1.79 bits per heavy atom. The van der Waals surface area contributed by atoms with Crippen molar-refractivity contribution in [1.29, 1.82) is 5.26 Å². The third-order valence-electron chi connectivity index (χ3n) is 2.87. The molecule has 0 aromatic heterocycles. The minimum Gasteiger partial charge on any atom is -0.497 e. The highest BCUT2D eigenvalue weighted by molar-refractivity contribution is 5.32. The molecule has 0 aliphatic rings. The lowest BCUT2D eigenvalue weighted by atomic mass is 10.1. The van der Waals surface area contributed by atoms with Crippen molar-refractivity contribution in [2.24, 2.45) is 0 Å². The van der Waals surface area contributed by atoms with Gasteiger partial charge >= 0.3 is 0 Å². The Morgan fingerprint density at radius 3 is 2.47 bits per heavy atom. The van der Waals surface area contributed by atoms with E-state index in [2.05, 4.69) is 11.4 Å². The summed E-state index contributed by atoms with van der Waals surface area (Å²) in [4.78, 5) is 0. The van der Waals surface area contributed by atoms with Gasteiger partial charge in [0.2, 0.25) is 0 Å². The van der Waals surface area contributed by atoms with Gasteiger partial charge in [0.15, 0.2) is 0 Å². The predicted octanol–water partition coefficient (Wildman–Crippen LogP) is 2.86. The zero-order valence-electron chi connectivity index (χ0n) is 10.9. The Morgan fingerprint density at radius 1 is 1.05 bits per heavy atom. The molecule has 0 aliphatic heterocycles. The van der Waals surface area contributed by atoms with Gasteiger partial charge in [-0.2, -0.15) is 5.26 Å². The maximum atomic E-state index is 8.83. The van der Waals surface area contributed by atoms with E-state index < -0.39 is 0 Å². The predicted molar refractivity (Wildman–Crippen MR) is 74.7 cm³/mol. The zero-order valence-corrected chi connectivity index (χ0v) is 10.9. The van der Waals surface area contributed by atoms with Gasteiger partial charge in [-0.3, -0.25) is 0 Å². The van der Waals surface area contributed by atoms with E-state index in [9.17, 15) is 0 Å². The summed E-state index contributed by atoms with van der Waals surface area (Å²) >= 11 is 0. The van der Waals surface area contributed by atoms with Crippen LogP contribution in [0.4, 0.5) is 0 Å². The summed E-state index contributed by atoms with van der Waals surface area (Å²) in [6.07, 6.45) is 0. The van der Waals surface area contributed by atoms with Crippen LogP contribution in [-0.4, -0.2) is 7.11 Å². The number of rotatable bonds is 5. The van der Waals surface area contributed by atoms with Crippen LogP contribution >= 0.6 is 0 Å². The van der Waals surface area contributed by atoms with Crippen molar-refractivity contribution in [1.82, 2.24) is 5.32 Å². The summed E-state index contributed by atoms with van der Waals surface area (Å²) in [5.41, 5.74) is 3.02. The van der Waals surface area contributed by atoms with Crippen LogP contribution < -0.4 is 10.1 Å². The highest BCUT2D eigenvalue weighted by Crippen LogP contribution is 2.11. The molecule has 0 heterocycles. The van der Waals surface area contributed by atoms with Crippen molar-refractivity contribution < 1.29 is 4.74 Å². The molecule has 2 rings (SSSR count). The first-order chi connectivity index (χ1) is 9.31. The molecule has 2 aromatic rings. The van der Waals surface area contributed by atoms with Gasteiger partial charge in [0.25, 0.3) is 0 Å². The minimum atomic E-state index is 0.698. The molecule has 2 aromatic carbocycles. The average molecular weight is 252 g/mol. The van der Waals surface area contributed by atoms with Crippen LogP contribution in [0.1, 0.15) is 16.7 Å².